The van der Waals surface area contributed by atoms with Crippen molar-refractivity contribution in [1.29, 1.82) is 5.26 Å². The van der Waals surface area contributed by atoms with Crippen LogP contribution >= 0.6 is 0 Å². The predicted octanol–water partition coefficient (Wildman–Crippen LogP) is 4.12. The van der Waals surface area contributed by atoms with Crippen molar-refractivity contribution in [3.05, 3.63) is 65.4 Å². The van der Waals surface area contributed by atoms with E-state index in [1.807, 2.05) is 12.1 Å². The summed E-state index contributed by atoms with van der Waals surface area (Å²) >= 11 is 0. The second kappa shape index (κ2) is 7.98. The van der Waals surface area contributed by atoms with E-state index in [0.29, 0.717) is 11.8 Å². The van der Waals surface area contributed by atoms with Crippen molar-refractivity contribution in [3.8, 4) is 17.3 Å². The first-order valence-electron chi connectivity index (χ1n) is 10.2. The van der Waals surface area contributed by atoms with Crippen LogP contribution in [-0.2, 0) is 24.6 Å². The molecule has 0 bridgehead atoms. The number of halogens is 3. The van der Waals surface area contributed by atoms with Gasteiger partial charge in [0.1, 0.15) is 11.2 Å². The van der Waals surface area contributed by atoms with Crippen molar-refractivity contribution < 1.29 is 22.8 Å². The minimum Gasteiger partial charge on any atom is -0.305 e. The molecule has 0 spiro atoms. The summed E-state index contributed by atoms with van der Waals surface area (Å²) in [7, 11) is 1.75. The van der Waals surface area contributed by atoms with Gasteiger partial charge in [-0.2, -0.15) is 18.4 Å². The van der Waals surface area contributed by atoms with Gasteiger partial charge < -0.3 is 4.90 Å². The standard InChI is InChI=1S/C23H19F3N6O2/c1-22(2)20(33)32(17-9-8-16(11-27)18(10-17)23(24,25)26)21(34)31(22)12-14-4-6-15(7-5-14)19-13-30(3)29-28-19/h4-10,13H,12H2,1-3H3. The molecule has 4 rings (SSSR count). The van der Waals surface area contributed by atoms with E-state index in [1.54, 1.807) is 30.1 Å². The molecule has 0 N–H and O–H groups in total. The number of benzene rings is 2. The number of rotatable bonds is 4. The summed E-state index contributed by atoms with van der Waals surface area (Å²) in [6, 6.07) is 10.7. The fourth-order valence-corrected chi connectivity index (χ4v) is 3.78. The molecule has 0 saturated carbocycles. The molecule has 0 aliphatic carbocycles. The Kier molecular flexibility index (Phi) is 5.39. The number of hydrogen-bond acceptors (Lipinski definition) is 5. The third-order valence-corrected chi connectivity index (χ3v) is 5.70. The molecule has 0 atom stereocenters. The lowest BCUT2D eigenvalue weighted by Gasteiger charge is -2.27. The Morgan fingerprint density at radius 2 is 1.76 bits per heavy atom. The van der Waals surface area contributed by atoms with Crippen molar-refractivity contribution in [1.82, 2.24) is 19.9 Å². The van der Waals surface area contributed by atoms with Crippen LogP contribution in [0.5, 0.6) is 0 Å². The van der Waals surface area contributed by atoms with E-state index in [4.69, 9.17) is 5.26 Å². The second-order valence-electron chi connectivity index (χ2n) is 8.38. The smallest absolute Gasteiger partial charge is 0.305 e. The van der Waals surface area contributed by atoms with E-state index in [9.17, 15) is 22.8 Å². The van der Waals surface area contributed by atoms with Gasteiger partial charge in [0.05, 0.1) is 29.1 Å². The van der Waals surface area contributed by atoms with Gasteiger partial charge in [-0.05, 0) is 37.6 Å². The van der Waals surface area contributed by atoms with E-state index < -0.39 is 34.8 Å². The number of imide groups is 1. The molecule has 2 aromatic carbocycles. The Morgan fingerprint density at radius 1 is 1.09 bits per heavy atom. The molecule has 1 aliphatic rings. The van der Waals surface area contributed by atoms with Crippen LogP contribution in [0.4, 0.5) is 23.7 Å². The number of alkyl halides is 3. The number of carbonyl (C=O) groups excluding carboxylic acids is 2. The molecule has 1 aromatic heterocycles. The normalized spacial score (nSPS) is 15.7. The lowest BCUT2D eigenvalue weighted by Crippen LogP contribution is -2.43. The molecule has 0 radical (unpaired) electrons. The lowest BCUT2D eigenvalue weighted by molar-refractivity contribution is -0.137. The average Bonchev–Trinajstić information content (AvgIpc) is 3.29. The van der Waals surface area contributed by atoms with Crippen LogP contribution in [-0.4, -0.2) is 37.4 Å². The minimum absolute atomic E-state index is 0.0667. The number of carbonyl (C=O) groups is 2. The molecule has 0 unspecified atom stereocenters. The summed E-state index contributed by atoms with van der Waals surface area (Å²) in [5, 5.41) is 16.9. The zero-order valence-electron chi connectivity index (χ0n) is 18.5. The van der Waals surface area contributed by atoms with Crippen molar-refractivity contribution in [2.24, 2.45) is 7.05 Å². The molecule has 34 heavy (non-hydrogen) atoms. The van der Waals surface area contributed by atoms with E-state index >= 15 is 0 Å². The molecule has 3 aromatic rings. The van der Waals surface area contributed by atoms with E-state index in [1.165, 1.54) is 30.9 Å². The Hall–Kier alpha value is -4.20. The predicted molar refractivity (Wildman–Crippen MR) is 115 cm³/mol. The molecule has 8 nitrogen and oxygen atoms in total. The van der Waals surface area contributed by atoms with Crippen molar-refractivity contribution in [2.45, 2.75) is 32.1 Å². The number of nitriles is 1. The van der Waals surface area contributed by atoms with Crippen molar-refractivity contribution >= 4 is 17.6 Å². The third kappa shape index (κ3) is 3.87. The fourth-order valence-electron chi connectivity index (χ4n) is 3.78. The van der Waals surface area contributed by atoms with Crippen LogP contribution < -0.4 is 4.90 Å². The molecular formula is C23H19F3N6O2. The van der Waals surface area contributed by atoms with Crippen LogP contribution in [0.3, 0.4) is 0 Å². The second-order valence-corrected chi connectivity index (χ2v) is 8.38. The zero-order valence-corrected chi connectivity index (χ0v) is 18.5. The maximum Gasteiger partial charge on any atom is 0.417 e. The van der Waals surface area contributed by atoms with Crippen molar-refractivity contribution in [3.63, 3.8) is 0 Å². The van der Waals surface area contributed by atoms with E-state index in [-0.39, 0.29) is 12.2 Å². The SMILES string of the molecule is Cn1cc(-c2ccc(CN3C(=O)N(c4ccc(C#N)c(C(F)(F)F)c4)C(=O)C3(C)C)cc2)nn1. The number of nitrogens with zero attached hydrogens (tertiary/aromatic N) is 6. The van der Waals surface area contributed by atoms with Gasteiger partial charge >= 0.3 is 12.2 Å². The Balaban J connectivity index is 1.63. The number of urea groups is 1. The van der Waals surface area contributed by atoms with Crippen LogP contribution in [0.15, 0.2) is 48.7 Å². The van der Waals surface area contributed by atoms with Gasteiger partial charge in [0.25, 0.3) is 5.91 Å². The summed E-state index contributed by atoms with van der Waals surface area (Å²) in [5.41, 5.74) is -1.12. The number of anilines is 1. The molecule has 1 saturated heterocycles. The van der Waals surface area contributed by atoms with Crippen LogP contribution in [0.25, 0.3) is 11.3 Å². The highest BCUT2D eigenvalue weighted by molar-refractivity contribution is 6.23. The monoisotopic (exact) mass is 468 g/mol. The molecule has 11 heteroatoms. The van der Waals surface area contributed by atoms with Gasteiger partial charge in [0, 0.05) is 19.2 Å². The zero-order chi connectivity index (χ0) is 24.8. The maximum absolute atomic E-state index is 13.4. The van der Waals surface area contributed by atoms with Gasteiger partial charge in [0.15, 0.2) is 0 Å². The Morgan fingerprint density at radius 3 is 2.32 bits per heavy atom. The first kappa shape index (κ1) is 23.0. The highest BCUT2D eigenvalue weighted by Crippen LogP contribution is 2.38. The maximum atomic E-state index is 13.4. The number of amides is 3. The summed E-state index contributed by atoms with van der Waals surface area (Å²) < 4.78 is 41.8. The number of aromatic nitrogens is 3. The van der Waals surface area contributed by atoms with E-state index in [2.05, 4.69) is 10.3 Å². The van der Waals surface area contributed by atoms with Gasteiger partial charge in [-0.25, -0.2) is 9.69 Å². The van der Waals surface area contributed by atoms with Gasteiger partial charge in [-0.1, -0.05) is 29.5 Å². The van der Waals surface area contributed by atoms with Gasteiger partial charge in [0.2, 0.25) is 0 Å². The summed E-state index contributed by atoms with van der Waals surface area (Å²) in [5.74, 6) is -0.661. The largest absolute Gasteiger partial charge is 0.417 e. The highest BCUT2D eigenvalue weighted by atomic mass is 19.4. The molecule has 3 amide bonds. The van der Waals surface area contributed by atoms with Gasteiger partial charge in [-0.15, -0.1) is 5.10 Å². The van der Waals surface area contributed by atoms with E-state index in [0.717, 1.165) is 22.1 Å². The first-order chi connectivity index (χ1) is 15.9. The molecule has 1 fully saturated rings. The van der Waals surface area contributed by atoms with Crippen LogP contribution in [0.2, 0.25) is 0 Å². The summed E-state index contributed by atoms with van der Waals surface area (Å²) in [6.45, 7) is 3.14. The molecular weight excluding hydrogens is 449 g/mol. The minimum atomic E-state index is -4.81. The summed E-state index contributed by atoms with van der Waals surface area (Å²) in [6.07, 6.45) is -3.06. The Bertz CT molecular complexity index is 1320. The quantitative estimate of drug-likeness (QED) is 0.537. The molecule has 2 heterocycles. The van der Waals surface area contributed by atoms with Crippen molar-refractivity contribution in [2.75, 3.05) is 4.90 Å². The van der Waals surface area contributed by atoms with Crippen LogP contribution in [0.1, 0.15) is 30.5 Å². The fraction of sp³-hybridized carbons (Fsp3) is 0.261. The van der Waals surface area contributed by atoms with Crippen LogP contribution in [0, 0.1) is 11.3 Å². The molecule has 174 valence electrons. The topological polar surface area (TPSA) is 95.1 Å². The highest BCUT2D eigenvalue weighted by Gasteiger charge is 2.52. The lowest BCUT2D eigenvalue weighted by atomic mass is 10.0. The summed E-state index contributed by atoms with van der Waals surface area (Å²) in [4.78, 5) is 28.3. The van der Waals surface area contributed by atoms with Gasteiger partial charge in [-0.3, -0.25) is 9.48 Å². The molecule has 1 aliphatic heterocycles. The number of hydrogen-bond donors (Lipinski definition) is 0. The first-order valence-corrected chi connectivity index (χ1v) is 10.2. The number of aryl methyl sites for hydroxylation is 1. The third-order valence-electron chi connectivity index (χ3n) is 5.70. The Labute approximate surface area is 192 Å². The average molecular weight is 468 g/mol.